The molecule has 0 aliphatic rings. The SMILES string of the molecule is [N-]=[N+]=NOCC(O)C(O)C(O)C(O)C(O)CO. The minimum atomic E-state index is -1.90. The lowest BCUT2D eigenvalue weighted by atomic mass is 10.00. The number of aliphatic hydroxyl groups excluding tert-OH is 6. The van der Waals surface area contributed by atoms with Crippen molar-refractivity contribution >= 4 is 0 Å². The molecule has 0 amide bonds. The topological polar surface area (TPSA) is 179 Å². The zero-order chi connectivity index (χ0) is 13.4. The van der Waals surface area contributed by atoms with Crippen LogP contribution in [0.3, 0.4) is 0 Å². The lowest BCUT2D eigenvalue weighted by Crippen LogP contribution is -2.50. The molecule has 0 saturated heterocycles. The van der Waals surface area contributed by atoms with Crippen LogP contribution in [0.2, 0.25) is 0 Å². The molecule has 0 aromatic rings. The van der Waals surface area contributed by atoms with E-state index in [0.29, 0.717) is 0 Å². The van der Waals surface area contributed by atoms with Crippen molar-refractivity contribution in [3.05, 3.63) is 10.4 Å². The van der Waals surface area contributed by atoms with Crippen molar-refractivity contribution in [1.82, 2.24) is 0 Å². The molecular formula is C7H15N3O7. The van der Waals surface area contributed by atoms with Gasteiger partial charge in [-0.1, -0.05) is 0 Å². The van der Waals surface area contributed by atoms with Gasteiger partial charge in [-0.2, -0.15) is 0 Å². The first-order valence-corrected chi connectivity index (χ1v) is 4.63. The second kappa shape index (κ2) is 8.03. The Hall–Kier alpha value is -1.13. The number of nitrogens with zero attached hydrogens (tertiary/aromatic N) is 3. The molecule has 0 aromatic carbocycles. The maximum atomic E-state index is 9.33. The fourth-order valence-electron chi connectivity index (χ4n) is 0.999. The van der Waals surface area contributed by atoms with Crippen molar-refractivity contribution in [1.29, 1.82) is 0 Å². The molecule has 0 heterocycles. The molecule has 0 rings (SSSR count). The van der Waals surface area contributed by atoms with Crippen LogP contribution in [0.1, 0.15) is 0 Å². The van der Waals surface area contributed by atoms with Crippen LogP contribution in [0.5, 0.6) is 0 Å². The van der Waals surface area contributed by atoms with Gasteiger partial charge in [0.1, 0.15) is 42.4 Å². The summed E-state index contributed by atoms with van der Waals surface area (Å²) in [5, 5.41) is 57.2. The number of hydrogen-bond donors (Lipinski definition) is 6. The van der Waals surface area contributed by atoms with Gasteiger partial charge >= 0.3 is 0 Å². The molecule has 10 heteroatoms. The van der Waals surface area contributed by atoms with Crippen molar-refractivity contribution in [2.24, 2.45) is 5.28 Å². The third kappa shape index (κ3) is 5.15. The van der Waals surface area contributed by atoms with Crippen LogP contribution in [0, 0.1) is 0 Å². The molecule has 0 saturated carbocycles. The van der Waals surface area contributed by atoms with Crippen molar-refractivity contribution in [2.45, 2.75) is 30.5 Å². The van der Waals surface area contributed by atoms with Gasteiger partial charge in [0.05, 0.1) is 6.61 Å². The molecule has 0 aliphatic heterocycles. The lowest BCUT2D eigenvalue weighted by Gasteiger charge is -2.27. The van der Waals surface area contributed by atoms with Gasteiger partial charge in [-0.25, -0.2) is 0 Å². The van der Waals surface area contributed by atoms with Gasteiger partial charge in [0.15, 0.2) is 0 Å². The predicted octanol–water partition coefficient (Wildman–Crippen LogP) is -2.97. The van der Waals surface area contributed by atoms with Crippen LogP contribution in [0.4, 0.5) is 0 Å². The zero-order valence-electron chi connectivity index (χ0n) is 8.73. The van der Waals surface area contributed by atoms with Crippen LogP contribution < -0.4 is 0 Å². The van der Waals surface area contributed by atoms with E-state index in [9.17, 15) is 20.4 Å². The second-order valence-corrected chi connectivity index (χ2v) is 3.26. The molecular weight excluding hydrogens is 238 g/mol. The Morgan fingerprint density at radius 1 is 1.00 bits per heavy atom. The van der Waals surface area contributed by atoms with Gasteiger partial charge in [0.25, 0.3) is 0 Å². The molecule has 100 valence electrons. The lowest BCUT2D eigenvalue weighted by molar-refractivity contribution is -0.149. The third-order valence-corrected chi connectivity index (χ3v) is 2.01. The van der Waals surface area contributed by atoms with Gasteiger partial charge in [-0.3, -0.25) is 0 Å². The Morgan fingerprint density at radius 2 is 1.53 bits per heavy atom. The van der Waals surface area contributed by atoms with E-state index in [1.54, 1.807) is 0 Å². The summed E-state index contributed by atoms with van der Waals surface area (Å²) in [6, 6.07) is 0. The second-order valence-electron chi connectivity index (χ2n) is 3.26. The molecule has 0 bridgehead atoms. The summed E-state index contributed by atoms with van der Waals surface area (Å²) in [4.78, 5) is 6.39. The van der Waals surface area contributed by atoms with Crippen LogP contribution in [-0.2, 0) is 4.84 Å². The molecule has 5 atom stereocenters. The highest BCUT2D eigenvalue weighted by Crippen LogP contribution is 2.09. The third-order valence-electron chi connectivity index (χ3n) is 2.01. The quantitative estimate of drug-likeness (QED) is 0.115. The Kier molecular flexibility index (Phi) is 7.50. The van der Waals surface area contributed by atoms with E-state index in [0.717, 1.165) is 0 Å². The Bertz CT molecular complexity index is 260. The van der Waals surface area contributed by atoms with Crippen LogP contribution in [0.15, 0.2) is 5.28 Å². The summed E-state index contributed by atoms with van der Waals surface area (Å²) in [7, 11) is 0. The molecule has 17 heavy (non-hydrogen) atoms. The van der Waals surface area contributed by atoms with Gasteiger partial charge in [-0.05, 0) is 5.53 Å². The van der Waals surface area contributed by atoms with Gasteiger partial charge in [0.2, 0.25) is 0 Å². The standard InChI is InChI=1S/C7H15N3O7/c8-9-10-17-2-4(13)6(15)7(16)5(14)3(12)1-11/h3-7,11-16H,1-2H2. The zero-order valence-corrected chi connectivity index (χ0v) is 8.73. The fraction of sp³-hybridized carbons (Fsp3) is 1.00. The monoisotopic (exact) mass is 253 g/mol. The first-order valence-electron chi connectivity index (χ1n) is 4.63. The first-order chi connectivity index (χ1) is 7.95. The predicted molar refractivity (Wildman–Crippen MR) is 52.2 cm³/mol. The number of rotatable bonds is 8. The van der Waals surface area contributed by atoms with E-state index in [1.165, 1.54) is 0 Å². The van der Waals surface area contributed by atoms with Gasteiger partial charge in [0, 0.05) is 4.91 Å². The molecule has 0 spiro atoms. The molecule has 0 aromatic heterocycles. The smallest absolute Gasteiger partial charge is 0.126 e. The minimum absolute atomic E-state index is 0.607. The Labute approximate surface area is 95.9 Å². The van der Waals surface area contributed by atoms with Crippen molar-refractivity contribution in [3.8, 4) is 0 Å². The molecule has 0 aliphatic carbocycles. The summed E-state index contributed by atoms with van der Waals surface area (Å²) in [6.07, 6.45) is -8.90. The highest BCUT2D eigenvalue weighted by Gasteiger charge is 2.34. The Balaban J connectivity index is 4.26. The molecule has 0 radical (unpaired) electrons. The number of azide groups is 1. The average molecular weight is 253 g/mol. The summed E-state index contributed by atoms with van der Waals surface area (Å²) >= 11 is 0. The molecule has 0 fully saturated rings. The summed E-state index contributed by atoms with van der Waals surface area (Å²) in [5.41, 5.74) is 7.86. The van der Waals surface area contributed by atoms with Crippen molar-refractivity contribution < 1.29 is 35.5 Å². The maximum absolute atomic E-state index is 9.33. The van der Waals surface area contributed by atoms with Crippen molar-refractivity contribution in [2.75, 3.05) is 13.2 Å². The van der Waals surface area contributed by atoms with E-state index in [-0.39, 0.29) is 0 Å². The number of hydrogen-bond acceptors (Lipinski definition) is 8. The fourth-order valence-corrected chi connectivity index (χ4v) is 0.999. The normalized spacial score (nSPS) is 19.6. The van der Waals surface area contributed by atoms with Crippen LogP contribution in [-0.4, -0.2) is 74.4 Å². The highest BCUT2D eigenvalue weighted by atomic mass is 16.6. The van der Waals surface area contributed by atoms with E-state index in [1.807, 2.05) is 0 Å². The molecule has 6 N–H and O–H groups in total. The minimum Gasteiger partial charge on any atom is -0.431 e. The van der Waals surface area contributed by atoms with E-state index < -0.39 is 43.7 Å². The molecule has 10 nitrogen and oxygen atoms in total. The largest absolute Gasteiger partial charge is 0.431 e. The summed E-state index contributed by atoms with van der Waals surface area (Å²) in [5.74, 6) is 0. The number of aliphatic hydroxyl groups is 6. The average Bonchev–Trinajstić information content (AvgIpc) is 2.35. The first kappa shape index (κ1) is 15.9. The Morgan fingerprint density at radius 3 is 2.00 bits per heavy atom. The highest BCUT2D eigenvalue weighted by molar-refractivity contribution is 4.84. The van der Waals surface area contributed by atoms with Gasteiger partial charge in [-0.15, -0.1) is 0 Å². The van der Waals surface area contributed by atoms with E-state index >= 15 is 0 Å². The maximum Gasteiger partial charge on any atom is 0.126 e. The van der Waals surface area contributed by atoms with E-state index in [4.69, 9.17) is 15.7 Å². The van der Waals surface area contributed by atoms with E-state index in [2.05, 4.69) is 15.0 Å². The van der Waals surface area contributed by atoms with Crippen LogP contribution >= 0.6 is 0 Å². The van der Waals surface area contributed by atoms with Gasteiger partial charge < -0.3 is 35.5 Å². The summed E-state index contributed by atoms with van der Waals surface area (Å²) in [6.45, 7) is -1.43. The molecule has 5 unspecified atom stereocenters. The summed E-state index contributed by atoms with van der Waals surface area (Å²) < 4.78 is 0. The van der Waals surface area contributed by atoms with Crippen LogP contribution in [0.25, 0.3) is 10.4 Å². The van der Waals surface area contributed by atoms with Crippen molar-refractivity contribution in [3.63, 3.8) is 0 Å².